The summed E-state index contributed by atoms with van der Waals surface area (Å²) in [4.78, 5) is 5.96. The second-order valence-electron chi connectivity index (χ2n) is 10.2. The largest absolute Gasteiger partial charge is 0.344 e. The number of para-hydroxylation sites is 1. The lowest BCUT2D eigenvalue weighted by Gasteiger charge is -2.30. The highest BCUT2D eigenvalue weighted by molar-refractivity contribution is 5.76. The molecule has 0 saturated heterocycles. The molecular formula is C29H27N7. The standard InChI is InChI=1S/C29H27N7/c1-17(2)27-33-34-28-21(15-30)18(3)20(26(36(27)28)23(16-31)32-6)12-13-24-29(4,5)22-11-7-9-19-10-8-14-35(24)25(19)22/h7,9,11-13,17H,8,10,14H2,1-5H3/b20-12-,24-13+,26-23-. The summed E-state index contributed by atoms with van der Waals surface area (Å²) >= 11 is 0. The fraction of sp³-hybridized carbons (Fsp3) is 0.345. The first-order valence-electron chi connectivity index (χ1n) is 12.2. The number of nitrogens with zero attached hydrogens (tertiary/aromatic N) is 7. The van der Waals surface area contributed by atoms with Crippen LogP contribution in [0.5, 0.6) is 0 Å². The van der Waals surface area contributed by atoms with Crippen LogP contribution in [0, 0.1) is 36.2 Å². The van der Waals surface area contributed by atoms with Crippen LogP contribution in [-0.2, 0) is 11.8 Å². The van der Waals surface area contributed by atoms with Gasteiger partial charge >= 0.3 is 0 Å². The molecule has 4 heterocycles. The van der Waals surface area contributed by atoms with E-state index in [0.29, 0.717) is 33.2 Å². The van der Waals surface area contributed by atoms with Crippen molar-refractivity contribution in [2.45, 2.75) is 58.8 Å². The maximum Gasteiger partial charge on any atom is 0.285 e. The van der Waals surface area contributed by atoms with E-state index in [0.717, 1.165) is 19.4 Å². The minimum absolute atomic E-state index is 0.0140. The predicted octanol–water partition coefficient (Wildman–Crippen LogP) is 3.99. The Morgan fingerprint density at radius 3 is 2.67 bits per heavy atom. The number of hydrogen-bond acceptors (Lipinski definition) is 5. The molecule has 7 nitrogen and oxygen atoms in total. The first-order valence-corrected chi connectivity index (χ1v) is 12.2. The molecule has 2 aliphatic heterocycles. The molecule has 36 heavy (non-hydrogen) atoms. The molecular weight excluding hydrogens is 446 g/mol. The van der Waals surface area contributed by atoms with Crippen LogP contribution in [0.15, 0.2) is 30.0 Å². The van der Waals surface area contributed by atoms with Crippen LogP contribution < -0.4 is 15.5 Å². The molecule has 2 aromatic heterocycles. The van der Waals surface area contributed by atoms with Crippen molar-refractivity contribution in [1.82, 2.24) is 14.6 Å². The molecule has 0 unspecified atom stereocenters. The van der Waals surface area contributed by atoms with Crippen LogP contribution in [0.4, 0.5) is 5.69 Å². The zero-order chi connectivity index (χ0) is 25.8. The highest BCUT2D eigenvalue weighted by atomic mass is 15.3. The van der Waals surface area contributed by atoms with E-state index in [-0.39, 0.29) is 17.0 Å². The Balaban J connectivity index is 1.91. The molecule has 178 valence electrons. The maximum atomic E-state index is 10.0. The van der Waals surface area contributed by atoms with E-state index >= 15 is 0 Å². The Morgan fingerprint density at radius 2 is 2.00 bits per heavy atom. The SMILES string of the molecule is [C-]#[N+]/C(C#N)=c1/c(=C\C=C2\N3CCCc4cccc(c43)C2(C)C)c(C)c(C#N)c2nnc(C(C)C)n12. The topological polar surface area (TPSA) is 85.4 Å². The first-order chi connectivity index (χ1) is 17.3. The zero-order valence-electron chi connectivity index (χ0n) is 21.2. The van der Waals surface area contributed by atoms with Gasteiger partial charge in [0.25, 0.3) is 5.70 Å². The van der Waals surface area contributed by atoms with Gasteiger partial charge in [0.1, 0.15) is 17.5 Å². The van der Waals surface area contributed by atoms with Crippen molar-refractivity contribution in [3.63, 3.8) is 0 Å². The average Bonchev–Trinajstić information content (AvgIpc) is 3.38. The van der Waals surface area contributed by atoms with Crippen molar-refractivity contribution in [3.05, 3.63) is 80.0 Å². The molecule has 5 rings (SSSR count). The van der Waals surface area contributed by atoms with Crippen LogP contribution in [0.25, 0.3) is 22.3 Å². The summed E-state index contributed by atoms with van der Waals surface area (Å²) < 4.78 is 1.73. The minimum Gasteiger partial charge on any atom is -0.344 e. The fourth-order valence-corrected chi connectivity index (χ4v) is 5.69. The van der Waals surface area contributed by atoms with Crippen LogP contribution in [-0.4, -0.2) is 21.1 Å². The zero-order valence-corrected chi connectivity index (χ0v) is 21.2. The van der Waals surface area contributed by atoms with Crippen LogP contribution in [0.1, 0.15) is 68.1 Å². The number of hydrogen-bond donors (Lipinski definition) is 0. The molecule has 1 aromatic carbocycles. The van der Waals surface area contributed by atoms with Crippen molar-refractivity contribution in [3.8, 4) is 12.1 Å². The molecule has 0 bridgehead atoms. The van der Waals surface area contributed by atoms with Gasteiger partial charge in [0.2, 0.25) is 0 Å². The third kappa shape index (κ3) is 3.15. The van der Waals surface area contributed by atoms with Crippen LogP contribution in [0.3, 0.4) is 0 Å². The van der Waals surface area contributed by atoms with Gasteiger partial charge in [-0.1, -0.05) is 52.0 Å². The highest BCUT2D eigenvalue weighted by Gasteiger charge is 2.41. The quantitative estimate of drug-likeness (QED) is 0.526. The van der Waals surface area contributed by atoms with E-state index in [9.17, 15) is 10.5 Å². The molecule has 0 spiro atoms. The second kappa shape index (κ2) is 8.36. The third-order valence-electron chi connectivity index (χ3n) is 7.47. The number of aromatic nitrogens is 3. The predicted molar refractivity (Wildman–Crippen MR) is 139 cm³/mol. The molecule has 0 aliphatic carbocycles. The minimum atomic E-state index is -0.205. The van der Waals surface area contributed by atoms with Crippen molar-refractivity contribution in [1.29, 1.82) is 10.5 Å². The maximum absolute atomic E-state index is 10.0. The third-order valence-corrected chi connectivity index (χ3v) is 7.47. The van der Waals surface area contributed by atoms with Crippen LogP contribution >= 0.6 is 0 Å². The van der Waals surface area contributed by atoms with Gasteiger partial charge in [-0.05, 0) is 47.8 Å². The number of rotatable bonds is 2. The number of nitriles is 2. The first kappa shape index (κ1) is 23.3. The Hall–Kier alpha value is -4.41. The molecule has 0 atom stereocenters. The van der Waals surface area contributed by atoms with Gasteiger partial charge in [-0.25, -0.2) is 10.1 Å². The molecule has 2 aliphatic rings. The lowest BCUT2D eigenvalue weighted by atomic mass is 9.83. The molecule has 0 radical (unpaired) electrons. The average molecular weight is 474 g/mol. The number of benzene rings is 1. The Labute approximate surface area is 210 Å². The summed E-state index contributed by atoms with van der Waals surface area (Å²) in [5.74, 6) is 0.601. The lowest BCUT2D eigenvalue weighted by molar-refractivity contribution is 0.626. The van der Waals surface area contributed by atoms with Gasteiger partial charge in [-0.3, -0.25) is 4.40 Å². The van der Waals surface area contributed by atoms with Crippen molar-refractivity contribution < 1.29 is 0 Å². The molecule has 0 N–H and O–H groups in total. The van der Waals surface area contributed by atoms with E-state index in [1.165, 1.54) is 22.5 Å². The van der Waals surface area contributed by atoms with Gasteiger partial charge in [0, 0.05) is 29.3 Å². The van der Waals surface area contributed by atoms with E-state index in [1.54, 1.807) is 4.40 Å². The van der Waals surface area contributed by atoms with Gasteiger partial charge < -0.3 is 4.90 Å². The number of pyridine rings is 1. The molecule has 0 fully saturated rings. The van der Waals surface area contributed by atoms with E-state index in [4.69, 9.17) is 6.57 Å². The summed E-state index contributed by atoms with van der Waals surface area (Å²) in [6.45, 7) is 19.0. The molecule has 7 heteroatoms. The monoisotopic (exact) mass is 473 g/mol. The number of allylic oxidation sites excluding steroid dienone is 2. The Morgan fingerprint density at radius 1 is 1.22 bits per heavy atom. The number of aryl methyl sites for hydroxylation is 1. The summed E-state index contributed by atoms with van der Waals surface area (Å²) in [5, 5.41) is 29.6. The van der Waals surface area contributed by atoms with Gasteiger partial charge in [-0.2, -0.15) is 5.26 Å². The lowest BCUT2D eigenvalue weighted by Crippen LogP contribution is -2.38. The normalized spacial score (nSPS) is 18.2. The second-order valence-corrected chi connectivity index (χ2v) is 10.2. The highest BCUT2D eigenvalue weighted by Crippen LogP contribution is 2.50. The van der Waals surface area contributed by atoms with Gasteiger partial charge in [-0.15, -0.1) is 10.2 Å². The van der Waals surface area contributed by atoms with E-state index in [2.05, 4.69) is 70.2 Å². The summed E-state index contributed by atoms with van der Waals surface area (Å²) in [7, 11) is 0. The summed E-state index contributed by atoms with van der Waals surface area (Å²) in [6.07, 6.45) is 6.23. The van der Waals surface area contributed by atoms with Gasteiger partial charge in [0.15, 0.2) is 5.65 Å². The Kier molecular flexibility index (Phi) is 5.42. The number of fused-ring (bicyclic) bond motifs is 1. The van der Waals surface area contributed by atoms with Crippen molar-refractivity contribution in [2.24, 2.45) is 0 Å². The van der Waals surface area contributed by atoms with Crippen molar-refractivity contribution in [2.75, 3.05) is 11.4 Å². The fourth-order valence-electron chi connectivity index (χ4n) is 5.69. The van der Waals surface area contributed by atoms with Gasteiger partial charge in [0.05, 0.1) is 18.0 Å². The summed E-state index contributed by atoms with van der Waals surface area (Å²) in [6, 6.07) is 10.9. The smallest absolute Gasteiger partial charge is 0.285 e. The van der Waals surface area contributed by atoms with Crippen molar-refractivity contribution >= 4 is 23.1 Å². The number of anilines is 1. The van der Waals surface area contributed by atoms with E-state index < -0.39 is 0 Å². The molecule has 0 amide bonds. The summed E-state index contributed by atoms with van der Waals surface area (Å²) in [5.41, 5.74) is 6.38. The molecule has 0 saturated carbocycles. The van der Waals surface area contributed by atoms with E-state index in [1.807, 2.05) is 26.8 Å². The molecule has 3 aromatic rings. The Bertz CT molecular complexity index is 1700. The van der Waals surface area contributed by atoms with Crippen LogP contribution in [0.2, 0.25) is 0 Å².